The molecule has 5 rings (SSSR count). The number of primary amides is 1. The highest BCUT2D eigenvalue weighted by molar-refractivity contribution is 7.86. The van der Waals surface area contributed by atoms with Crippen molar-refractivity contribution in [1.82, 2.24) is 5.32 Å². The van der Waals surface area contributed by atoms with E-state index in [1.165, 1.54) is 0 Å². The SMILES string of the molecule is NC(=O)C1(NC(=O)OCC2c3ccccc3-c3ccccc32)CC2CCC(C1)S2=O. The maximum absolute atomic E-state index is 12.7. The zero-order valence-corrected chi connectivity index (χ0v) is 17.3. The minimum atomic E-state index is -1.18. The van der Waals surface area contributed by atoms with Crippen LogP contribution in [0.15, 0.2) is 48.5 Å². The Morgan fingerprint density at radius 1 is 1.00 bits per heavy atom. The lowest BCUT2D eigenvalue weighted by molar-refractivity contribution is -0.124. The van der Waals surface area contributed by atoms with Crippen molar-refractivity contribution in [3.63, 3.8) is 0 Å². The number of ether oxygens (including phenoxy) is 1. The first-order chi connectivity index (χ1) is 14.5. The number of nitrogens with two attached hydrogens (primary N) is 1. The van der Waals surface area contributed by atoms with Crippen LogP contribution in [-0.4, -0.2) is 38.9 Å². The number of carbonyl (C=O) groups is 2. The van der Waals surface area contributed by atoms with Crippen molar-refractivity contribution in [1.29, 1.82) is 0 Å². The van der Waals surface area contributed by atoms with E-state index in [2.05, 4.69) is 29.6 Å². The summed E-state index contributed by atoms with van der Waals surface area (Å²) in [7, 11) is -0.952. The van der Waals surface area contributed by atoms with Crippen molar-refractivity contribution < 1.29 is 18.5 Å². The summed E-state index contributed by atoms with van der Waals surface area (Å²) in [5.74, 6) is -0.632. The summed E-state index contributed by atoms with van der Waals surface area (Å²) >= 11 is 0. The number of hydrogen-bond acceptors (Lipinski definition) is 4. The van der Waals surface area contributed by atoms with Crippen LogP contribution in [0, 0.1) is 0 Å². The largest absolute Gasteiger partial charge is 0.449 e. The van der Waals surface area contributed by atoms with Gasteiger partial charge < -0.3 is 15.8 Å². The molecule has 1 aliphatic carbocycles. The molecule has 2 fully saturated rings. The average molecular weight is 425 g/mol. The quantitative estimate of drug-likeness (QED) is 0.788. The number of fused-ring (bicyclic) bond motifs is 5. The molecule has 2 atom stereocenters. The van der Waals surface area contributed by atoms with Gasteiger partial charge in [0.25, 0.3) is 0 Å². The molecule has 2 aromatic rings. The van der Waals surface area contributed by atoms with Gasteiger partial charge in [0, 0.05) is 27.2 Å². The van der Waals surface area contributed by atoms with Gasteiger partial charge in [-0.3, -0.25) is 9.00 Å². The van der Waals surface area contributed by atoms with Gasteiger partial charge >= 0.3 is 6.09 Å². The Morgan fingerprint density at radius 3 is 2.07 bits per heavy atom. The fraction of sp³-hybridized carbons (Fsp3) is 0.391. The Labute approximate surface area is 177 Å². The highest BCUT2D eigenvalue weighted by Gasteiger charge is 2.52. The number of nitrogens with one attached hydrogen (secondary N) is 1. The van der Waals surface area contributed by atoms with Crippen molar-refractivity contribution in [2.24, 2.45) is 5.73 Å². The molecular weight excluding hydrogens is 400 g/mol. The molecule has 2 aromatic carbocycles. The molecular formula is C23H24N2O4S. The molecule has 6 nitrogen and oxygen atoms in total. The molecule has 2 bridgehead atoms. The third-order valence-electron chi connectivity index (χ3n) is 6.78. The van der Waals surface area contributed by atoms with Gasteiger partial charge in [-0.15, -0.1) is 0 Å². The van der Waals surface area contributed by atoms with Crippen molar-refractivity contribution in [2.75, 3.05) is 6.61 Å². The summed E-state index contributed by atoms with van der Waals surface area (Å²) in [5, 5.41) is 2.57. The second-order valence-electron chi connectivity index (χ2n) is 8.46. The topological polar surface area (TPSA) is 98.5 Å². The minimum absolute atomic E-state index is 0.0530. The van der Waals surface area contributed by atoms with Crippen molar-refractivity contribution in [3.05, 3.63) is 59.7 Å². The molecule has 7 heteroatoms. The number of amides is 2. The van der Waals surface area contributed by atoms with Crippen molar-refractivity contribution >= 4 is 22.8 Å². The molecule has 2 unspecified atom stereocenters. The number of benzene rings is 2. The molecule has 0 saturated carbocycles. The van der Waals surface area contributed by atoms with E-state index in [0.29, 0.717) is 12.8 Å². The van der Waals surface area contributed by atoms with Crippen LogP contribution < -0.4 is 11.1 Å². The van der Waals surface area contributed by atoms with E-state index in [4.69, 9.17) is 10.5 Å². The number of alkyl carbamates (subject to hydrolysis) is 1. The third-order valence-corrected chi connectivity index (χ3v) is 8.90. The van der Waals surface area contributed by atoms with Gasteiger partial charge in [0.05, 0.1) is 0 Å². The fourth-order valence-corrected chi connectivity index (χ4v) is 7.48. The van der Waals surface area contributed by atoms with Gasteiger partial charge in [-0.05, 0) is 47.9 Å². The molecule has 2 amide bonds. The normalized spacial score (nSPS) is 29.1. The van der Waals surface area contributed by atoms with Crippen LogP contribution in [-0.2, 0) is 20.3 Å². The van der Waals surface area contributed by atoms with Crippen LogP contribution >= 0.6 is 0 Å². The van der Waals surface area contributed by atoms with Crippen LogP contribution in [0.4, 0.5) is 4.79 Å². The first-order valence-corrected chi connectivity index (χ1v) is 11.6. The zero-order chi connectivity index (χ0) is 20.9. The van der Waals surface area contributed by atoms with Gasteiger partial charge in [-0.2, -0.15) is 0 Å². The van der Waals surface area contributed by atoms with Gasteiger partial charge in [-0.25, -0.2) is 4.79 Å². The molecule has 0 radical (unpaired) electrons. The second-order valence-corrected chi connectivity index (χ2v) is 10.4. The maximum atomic E-state index is 12.7. The lowest BCUT2D eigenvalue weighted by Crippen LogP contribution is -2.62. The molecule has 2 saturated heterocycles. The highest BCUT2D eigenvalue weighted by Crippen LogP contribution is 2.45. The maximum Gasteiger partial charge on any atom is 0.408 e. The number of hydrogen-bond donors (Lipinski definition) is 2. The van der Waals surface area contributed by atoms with E-state index < -0.39 is 28.3 Å². The Hall–Kier alpha value is -2.67. The highest BCUT2D eigenvalue weighted by atomic mass is 32.2. The van der Waals surface area contributed by atoms with E-state index in [1.54, 1.807) is 0 Å². The second kappa shape index (κ2) is 7.23. The molecule has 2 aliphatic heterocycles. The molecule has 156 valence electrons. The molecule has 3 N–H and O–H groups in total. The summed E-state index contributed by atoms with van der Waals surface area (Å²) in [6.07, 6.45) is 1.59. The predicted octanol–water partition coefficient (Wildman–Crippen LogP) is 2.82. The Balaban J connectivity index is 1.32. The first kappa shape index (κ1) is 19.3. The lowest BCUT2D eigenvalue weighted by atomic mass is 9.88. The van der Waals surface area contributed by atoms with Gasteiger partial charge in [0.1, 0.15) is 12.1 Å². The van der Waals surface area contributed by atoms with Crippen LogP contribution in [0.1, 0.15) is 42.7 Å². The summed E-state index contributed by atoms with van der Waals surface area (Å²) in [6.45, 7) is 0.174. The number of rotatable bonds is 4. The van der Waals surface area contributed by atoms with E-state index in [1.807, 2.05) is 24.3 Å². The summed E-state index contributed by atoms with van der Waals surface area (Å²) in [4.78, 5) is 25.0. The van der Waals surface area contributed by atoms with Gasteiger partial charge in [-0.1, -0.05) is 48.5 Å². The molecule has 0 aromatic heterocycles. The van der Waals surface area contributed by atoms with E-state index in [-0.39, 0.29) is 23.0 Å². The van der Waals surface area contributed by atoms with Crippen LogP contribution in [0.25, 0.3) is 11.1 Å². The summed E-state index contributed by atoms with van der Waals surface area (Å²) in [6, 6.07) is 16.2. The van der Waals surface area contributed by atoms with E-state index in [9.17, 15) is 13.8 Å². The van der Waals surface area contributed by atoms with Crippen molar-refractivity contribution in [2.45, 2.75) is 47.6 Å². The average Bonchev–Trinajstić information content (AvgIpc) is 3.15. The smallest absolute Gasteiger partial charge is 0.408 e. The third kappa shape index (κ3) is 3.03. The van der Waals surface area contributed by atoms with Gasteiger partial charge in [0.15, 0.2) is 0 Å². The predicted molar refractivity (Wildman–Crippen MR) is 114 cm³/mol. The van der Waals surface area contributed by atoms with Crippen LogP contribution in [0.2, 0.25) is 0 Å². The Bertz CT molecular complexity index is 992. The standard InChI is InChI=1S/C23H24N2O4S/c24-21(26)23(11-14-9-10-15(12-23)30(14)28)25-22(27)29-13-20-18-7-3-1-5-16(18)17-6-2-4-8-19(17)20/h1-8,14-15,20H,9-13H2,(H2,24,26)(H,25,27). The Morgan fingerprint density at radius 2 is 1.53 bits per heavy atom. The monoisotopic (exact) mass is 424 g/mol. The minimum Gasteiger partial charge on any atom is -0.449 e. The molecule has 2 heterocycles. The number of carbonyl (C=O) groups excluding carboxylic acids is 2. The van der Waals surface area contributed by atoms with Crippen molar-refractivity contribution in [3.8, 4) is 11.1 Å². The molecule has 30 heavy (non-hydrogen) atoms. The zero-order valence-electron chi connectivity index (χ0n) is 16.5. The van der Waals surface area contributed by atoms with Crippen LogP contribution in [0.5, 0.6) is 0 Å². The Kier molecular flexibility index (Phi) is 4.65. The summed E-state index contributed by atoms with van der Waals surface area (Å²) < 4.78 is 17.9. The van der Waals surface area contributed by atoms with E-state index >= 15 is 0 Å². The van der Waals surface area contributed by atoms with Crippen LogP contribution in [0.3, 0.4) is 0 Å². The van der Waals surface area contributed by atoms with Gasteiger partial charge in [0.2, 0.25) is 5.91 Å². The fourth-order valence-electron chi connectivity index (χ4n) is 5.30. The first-order valence-electron chi connectivity index (χ1n) is 10.3. The molecule has 0 spiro atoms. The lowest BCUT2D eigenvalue weighted by Gasteiger charge is -2.37. The summed E-state index contributed by atoms with van der Waals surface area (Å²) in [5.41, 5.74) is 9.07. The molecule has 3 aliphatic rings. The van der Waals surface area contributed by atoms with E-state index in [0.717, 1.165) is 35.1 Å².